The number of carbonyl (C=O) groups excluding carboxylic acids is 2. The number of anilines is 1. The number of methoxy groups -OCH3 is 1. The minimum atomic E-state index is -0.978. The van der Waals surface area contributed by atoms with Crippen LogP contribution in [0.25, 0.3) is 0 Å². The quantitative estimate of drug-likeness (QED) is 0.626. The van der Waals surface area contributed by atoms with Crippen LogP contribution in [0.5, 0.6) is 0 Å². The van der Waals surface area contributed by atoms with E-state index in [4.69, 9.17) is 4.74 Å². The number of nitrogens with zero attached hydrogens (tertiary/aromatic N) is 2. The monoisotopic (exact) mass is 339 g/mol. The van der Waals surface area contributed by atoms with Crippen LogP contribution in [-0.2, 0) is 14.3 Å². The largest absolute Gasteiger partial charge is 0.383 e. The SMILES string of the molecule is COC[C@H](C)N1C[C@H](C(=O)Nc2ccc(F)c([N+](=O)[O-])c2)CC1=O. The molecule has 9 heteroatoms. The number of carbonyl (C=O) groups is 2. The average Bonchev–Trinajstić information content (AvgIpc) is 2.91. The van der Waals surface area contributed by atoms with Gasteiger partial charge >= 0.3 is 5.69 Å². The number of nitro groups is 1. The molecule has 1 saturated heterocycles. The molecule has 24 heavy (non-hydrogen) atoms. The highest BCUT2D eigenvalue weighted by Gasteiger charge is 2.36. The van der Waals surface area contributed by atoms with E-state index in [9.17, 15) is 24.1 Å². The van der Waals surface area contributed by atoms with Crippen molar-refractivity contribution in [3.05, 3.63) is 34.1 Å². The summed E-state index contributed by atoms with van der Waals surface area (Å²) in [4.78, 5) is 35.7. The Labute approximate surface area is 137 Å². The molecule has 1 N–H and O–H groups in total. The van der Waals surface area contributed by atoms with Gasteiger partial charge in [-0.15, -0.1) is 0 Å². The number of hydrogen-bond donors (Lipinski definition) is 1. The molecule has 2 atom stereocenters. The van der Waals surface area contributed by atoms with E-state index in [1.165, 1.54) is 13.2 Å². The van der Waals surface area contributed by atoms with Gasteiger partial charge < -0.3 is 15.0 Å². The fourth-order valence-electron chi connectivity index (χ4n) is 2.64. The summed E-state index contributed by atoms with van der Waals surface area (Å²) in [5.74, 6) is -2.13. The van der Waals surface area contributed by atoms with Crippen LogP contribution in [0, 0.1) is 21.8 Å². The number of nitro benzene ring substituents is 1. The summed E-state index contributed by atoms with van der Waals surface area (Å²) in [6, 6.07) is 2.96. The summed E-state index contributed by atoms with van der Waals surface area (Å²) in [5.41, 5.74) is -0.602. The zero-order chi connectivity index (χ0) is 17.9. The van der Waals surface area contributed by atoms with Crippen molar-refractivity contribution in [1.29, 1.82) is 0 Å². The molecule has 1 aliphatic rings. The molecule has 0 spiro atoms. The van der Waals surface area contributed by atoms with Gasteiger partial charge in [0, 0.05) is 31.8 Å². The van der Waals surface area contributed by atoms with E-state index in [1.54, 1.807) is 4.90 Å². The number of nitrogens with one attached hydrogen (secondary N) is 1. The molecule has 1 aliphatic heterocycles. The van der Waals surface area contributed by atoms with Gasteiger partial charge in [-0.3, -0.25) is 19.7 Å². The summed E-state index contributed by atoms with van der Waals surface area (Å²) in [6.45, 7) is 2.44. The molecule has 0 aliphatic carbocycles. The van der Waals surface area contributed by atoms with Gasteiger partial charge in [0.15, 0.2) is 0 Å². The van der Waals surface area contributed by atoms with Crippen LogP contribution < -0.4 is 5.32 Å². The molecule has 0 unspecified atom stereocenters. The van der Waals surface area contributed by atoms with E-state index in [2.05, 4.69) is 5.32 Å². The zero-order valence-corrected chi connectivity index (χ0v) is 13.3. The van der Waals surface area contributed by atoms with E-state index < -0.39 is 28.3 Å². The summed E-state index contributed by atoms with van der Waals surface area (Å²) >= 11 is 0. The van der Waals surface area contributed by atoms with Gasteiger partial charge in [-0.25, -0.2) is 0 Å². The number of benzene rings is 1. The number of amides is 2. The van der Waals surface area contributed by atoms with Crippen molar-refractivity contribution >= 4 is 23.2 Å². The summed E-state index contributed by atoms with van der Waals surface area (Å²) in [6.07, 6.45) is 0.0587. The van der Waals surface area contributed by atoms with Gasteiger partial charge in [0.2, 0.25) is 17.6 Å². The molecule has 8 nitrogen and oxygen atoms in total. The van der Waals surface area contributed by atoms with Crippen LogP contribution in [0.2, 0.25) is 0 Å². The van der Waals surface area contributed by atoms with Crippen LogP contribution >= 0.6 is 0 Å². The molecular weight excluding hydrogens is 321 g/mol. The first kappa shape index (κ1) is 17.8. The van der Waals surface area contributed by atoms with E-state index in [-0.39, 0.29) is 30.6 Å². The Kier molecular flexibility index (Phi) is 5.45. The molecule has 0 saturated carbocycles. The second-order valence-corrected chi connectivity index (χ2v) is 5.66. The van der Waals surface area contributed by atoms with Crippen LogP contribution in [0.3, 0.4) is 0 Å². The summed E-state index contributed by atoms with van der Waals surface area (Å²) in [5, 5.41) is 13.2. The minimum Gasteiger partial charge on any atom is -0.383 e. The van der Waals surface area contributed by atoms with Gasteiger partial charge in [-0.1, -0.05) is 0 Å². The first-order valence-corrected chi connectivity index (χ1v) is 7.36. The van der Waals surface area contributed by atoms with E-state index in [0.29, 0.717) is 6.61 Å². The lowest BCUT2D eigenvalue weighted by molar-refractivity contribution is -0.387. The van der Waals surface area contributed by atoms with Gasteiger partial charge in [0.05, 0.1) is 23.5 Å². The zero-order valence-electron chi connectivity index (χ0n) is 13.3. The van der Waals surface area contributed by atoms with Crippen molar-refractivity contribution < 1.29 is 23.6 Å². The molecule has 1 aromatic rings. The Balaban J connectivity index is 2.04. The summed E-state index contributed by atoms with van der Waals surface area (Å²) in [7, 11) is 1.53. The van der Waals surface area contributed by atoms with Crippen molar-refractivity contribution in [3.63, 3.8) is 0 Å². The van der Waals surface area contributed by atoms with Crippen molar-refractivity contribution in [3.8, 4) is 0 Å². The number of halogens is 1. The molecular formula is C15H18FN3O5. The molecule has 0 radical (unpaired) electrons. The third-order valence-electron chi connectivity index (χ3n) is 3.88. The average molecular weight is 339 g/mol. The van der Waals surface area contributed by atoms with Crippen molar-refractivity contribution in [2.75, 3.05) is 25.6 Å². The Morgan fingerprint density at radius 3 is 2.92 bits per heavy atom. The second kappa shape index (κ2) is 7.35. The number of likely N-dealkylation sites (tertiary alicyclic amines) is 1. The van der Waals surface area contributed by atoms with Gasteiger partial charge in [0.25, 0.3) is 0 Å². The van der Waals surface area contributed by atoms with Crippen molar-refractivity contribution in [2.45, 2.75) is 19.4 Å². The summed E-state index contributed by atoms with van der Waals surface area (Å²) < 4.78 is 18.3. The Bertz CT molecular complexity index is 667. The molecule has 1 aromatic carbocycles. The second-order valence-electron chi connectivity index (χ2n) is 5.66. The van der Waals surface area contributed by atoms with Crippen LogP contribution in [0.1, 0.15) is 13.3 Å². The highest BCUT2D eigenvalue weighted by Crippen LogP contribution is 2.25. The number of rotatable bonds is 6. The number of ether oxygens (including phenoxy) is 1. The standard InChI is InChI=1S/C15H18FN3O5/c1-9(8-24-2)18-7-10(5-14(18)20)15(21)17-11-3-4-12(16)13(6-11)19(22)23/h3-4,6,9-10H,5,7-8H2,1-2H3,(H,17,21)/t9-,10+/m0/s1. The normalized spacial score (nSPS) is 18.5. The molecule has 1 fully saturated rings. The first-order valence-electron chi connectivity index (χ1n) is 7.36. The first-order chi connectivity index (χ1) is 11.3. The maximum atomic E-state index is 13.3. The van der Waals surface area contributed by atoms with Gasteiger partial charge in [0.1, 0.15) is 0 Å². The minimum absolute atomic E-state index is 0.0587. The molecule has 0 bridgehead atoms. The van der Waals surface area contributed by atoms with Crippen molar-refractivity contribution in [2.24, 2.45) is 5.92 Å². The predicted octanol–water partition coefficient (Wildman–Crippen LogP) is 1.56. The van der Waals surface area contributed by atoms with Crippen LogP contribution in [0.4, 0.5) is 15.8 Å². The maximum absolute atomic E-state index is 13.3. The molecule has 0 aromatic heterocycles. The van der Waals surface area contributed by atoms with E-state index >= 15 is 0 Å². The highest BCUT2D eigenvalue weighted by atomic mass is 19.1. The smallest absolute Gasteiger partial charge is 0.306 e. The van der Waals surface area contributed by atoms with E-state index in [1.807, 2.05) is 6.92 Å². The topological polar surface area (TPSA) is 102 Å². The Hall–Kier alpha value is -2.55. The van der Waals surface area contributed by atoms with Crippen LogP contribution in [-0.4, -0.2) is 47.9 Å². The highest BCUT2D eigenvalue weighted by molar-refractivity contribution is 5.97. The molecule has 2 amide bonds. The van der Waals surface area contributed by atoms with Gasteiger partial charge in [-0.05, 0) is 19.1 Å². The fourth-order valence-corrected chi connectivity index (χ4v) is 2.64. The Morgan fingerprint density at radius 1 is 1.58 bits per heavy atom. The lowest BCUT2D eigenvalue weighted by Gasteiger charge is -2.23. The van der Waals surface area contributed by atoms with Crippen molar-refractivity contribution in [1.82, 2.24) is 4.90 Å². The predicted molar refractivity (Wildman–Crippen MR) is 82.8 cm³/mol. The number of hydrogen-bond acceptors (Lipinski definition) is 5. The molecule has 2 rings (SSSR count). The van der Waals surface area contributed by atoms with Crippen LogP contribution in [0.15, 0.2) is 18.2 Å². The lowest BCUT2D eigenvalue weighted by atomic mass is 10.1. The third kappa shape index (κ3) is 3.85. The maximum Gasteiger partial charge on any atom is 0.306 e. The molecule has 130 valence electrons. The molecule has 1 heterocycles. The Morgan fingerprint density at radius 2 is 2.29 bits per heavy atom. The third-order valence-corrected chi connectivity index (χ3v) is 3.88. The van der Waals surface area contributed by atoms with E-state index in [0.717, 1.165) is 12.1 Å². The van der Waals surface area contributed by atoms with Gasteiger partial charge in [-0.2, -0.15) is 4.39 Å². The fraction of sp³-hybridized carbons (Fsp3) is 0.467. The lowest BCUT2D eigenvalue weighted by Crippen LogP contribution is -2.38.